The van der Waals surface area contributed by atoms with Crippen LogP contribution in [0, 0.1) is 11.3 Å². The summed E-state index contributed by atoms with van der Waals surface area (Å²) in [5.41, 5.74) is 7.22. The third-order valence-corrected chi connectivity index (χ3v) is 2.21. The molecule has 1 aliphatic heterocycles. The maximum absolute atomic E-state index is 11.3. The van der Waals surface area contributed by atoms with E-state index in [9.17, 15) is 4.79 Å². The van der Waals surface area contributed by atoms with E-state index >= 15 is 0 Å². The number of ether oxygens (including phenoxy) is 1. The smallest absolute Gasteiger partial charge is 0.414 e. The number of anilines is 2. The number of amides is 1. The number of nitrogen functional groups attached to an aromatic ring is 1. The van der Waals surface area contributed by atoms with Crippen LogP contribution < -0.4 is 10.6 Å². The average Bonchev–Trinajstić information content (AvgIpc) is 2.64. The number of nitrogens with zero attached hydrogens (tertiary/aromatic N) is 2. The normalized spacial score (nSPS) is 14.9. The van der Waals surface area contributed by atoms with E-state index in [1.165, 1.54) is 4.90 Å². The van der Waals surface area contributed by atoms with Gasteiger partial charge in [0.25, 0.3) is 0 Å². The van der Waals surface area contributed by atoms with Crippen molar-refractivity contribution in [2.75, 3.05) is 23.8 Å². The van der Waals surface area contributed by atoms with E-state index in [2.05, 4.69) is 0 Å². The molecule has 5 nitrogen and oxygen atoms in total. The Morgan fingerprint density at radius 3 is 2.87 bits per heavy atom. The summed E-state index contributed by atoms with van der Waals surface area (Å²) in [5, 5.41) is 8.66. The SMILES string of the molecule is N#Cc1ccc(N2CCOC2=O)c(N)c1. The summed E-state index contributed by atoms with van der Waals surface area (Å²) < 4.78 is 4.80. The van der Waals surface area contributed by atoms with Crippen LogP contribution in [0.1, 0.15) is 5.56 Å². The fraction of sp³-hybridized carbons (Fsp3) is 0.200. The van der Waals surface area contributed by atoms with Gasteiger partial charge in [0.05, 0.1) is 29.6 Å². The highest BCUT2D eigenvalue weighted by Gasteiger charge is 2.25. The van der Waals surface area contributed by atoms with Crippen molar-refractivity contribution in [1.29, 1.82) is 5.26 Å². The van der Waals surface area contributed by atoms with Gasteiger partial charge in [0, 0.05) is 0 Å². The van der Waals surface area contributed by atoms with Crippen molar-refractivity contribution in [2.24, 2.45) is 0 Å². The highest BCUT2D eigenvalue weighted by molar-refractivity contribution is 5.93. The predicted octanol–water partition coefficient (Wildman–Crippen LogP) is 1.10. The summed E-state index contributed by atoms with van der Waals surface area (Å²) in [6.45, 7) is 0.868. The molecule has 0 aliphatic carbocycles. The highest BCUT2D eigenvalue weighted by atomic mass is 16.6. The molecule has 1 saturated heterocycles. The summed E-state index contributed by atoms with van der Waals surface area (Å²) in [4.78, 5) is 12.7. The van der Waals surface area contributed by atoms with Crippen molar-refractivity contribution < 1.29 is 9.53 Å². The fourth-order valence-corrected chi connectivity index (χ4v) is 1.48. The maximum Gasteiger partial charge on any atom is 0.414 e. The van der Waals surface area contributed by atoms with Gasteiger partial charge in [-0.2, -0.15) is 5.26 Å². The Balaban J connectivity index is 2.37. The third kappa shape index (κ3) is 1.57. The van der Waals surface area contributed by atoms with Crippen molar-refractivity contribution in [1.82, 2.24) is 0 Å². The number of carbonyl (C=O) groups excluding carboxylic acids is 1. The number of hydrogen-bond donors (Lipinski definition) is 1. The summed E-state index contributed by atoms with van der Waals surface area (Å²) in [5.74, 6) is 0. The van der Waals surface area contributed by atoms with E-state index < -0.39 is 6.09 Å². The molecule has 0 bridgehead atoms. The molecule has 0 radical (unpaired) electrons. The van der Waals surface area contributed by atoms with Gasteiger partial charge in [-0.3, -0.25) is 4.90 Å². The summed E-state index contributed by atoms with van der Waals surface area (Å²) >= 11 is 0. The van der Waals surface area contributed by atoms with Crippen molar-refractivity contribution in [3.8, 4) is 6.07 Å². The predicted molar refractivity (Wildman–Crippen MR) is 54.3 cm³/mol. The molecule has 0 atom stereocenters. The Kier molecular flexibility index (Phi) is 2.18. The van der Waals surface area contributed by atoms with Gasteiger partial charge in [-0.25, -0.2) is 4.79 Å². The van der Waals surface area contributed by atoms with Gasteiger partial charge in [-0.15, -0.1) is 0 Å². The van der Waals surface area contributed by atoms with Gasteiger partial charge >= 0.3 is 6.09 Å². The molecule has 0 spiro atoms. The Bertz CT molecular complexity index is 450. The zero-order chi connectivity index (χ0) is 10.8. The highest BCUT2D eigenvalue weighted by Crippen LogP contribution is 2.26. The second-order valence-corrected chi connectivity index (χ2v) is 3.15. The molecule has 1 fully saturated rings. The molecule has 1 aromatic carbocycles. The molecule has 0 unspecified atom stereocenters. The maximum atomic E-state index is 11.3. The molecule has 2 N–H and O–H groups in total. The van der Waals surface area contributed by atoms with E-state index in [1.54, 1.807) is 18.2 Å². The van der Waals surface area contributed by atoms with Crippen LogP contribution in [0.15, 0.2) is 18.2 Å². The largest absolute Gasteiger partial charge is 0.447 e. The number of nitrogens with two attached hydrogens (primary N) is 1. The van der Waals surface area contributed by atoms with Crippen LogP contribution in [-0.4, -0.2) is 19.2 Å². The Morgan fingerprint density at radius 2 is 2.33 bits per heavy atom. The summed E-state index contributed by atoms with van der Waals surface area (Å²) in [6, 6.07) is 6.80. The molecule has 1 amide bonds. The fourth-order valence-electron chi connectivity index (χ4n) is 1.48. The minimum absolute atomic E-state index is 0.373. The lowest BCUT2D eigenvalue weighted by atomic mass is 10.2. The number of rotatable bonds is 1. The lowest BCUT2D eigenvalue weighted by molar-refractivity contribution is 0.181. The number of benzene rings is 1. The van der Waals surface area contributed by atoms with Crippen LogP contribution >= 0.6 is 0 Å². The number of nitriles is 1. The van der Waals surface area contributed by atoms with E-state index in [1.807, 2.05) is 6.07 Å². The molecule has 1 heterocycles. The molecule has 0 saturated carbocycles. The lowest BCUT2D eigenvalue weighted by Crippen LogP contribution is -2.24. The number of carbonyl (C=O) groups is 1. The second-order valence-electron chi connectivity index (χ2n) is 3.15. The van der Waals surface area contributed by atoms with Crippen molar-refractivity contribution in [3.63, 3.8) is 0 Å². The zero-order valence-electron chi connectivity index (χ0n) is 7.93. The van der Waals surface area contributed by atoms with Gasteiger partial charge in [0.1, 0.15) is 6.61 Å². The van der Waals surface area contributed by atoms with Crippen LogP contribution in [0.5, 0.6) is 0 Å². The molecule has 1 aliphatic rings. The average molecular weight is 203 g/mol. The lowest BCUT2D eigenvalue weighted by Gasteiger charge is -2.14. The molecule has 2 rings (SSSR count). The van der Waals surface area contributed by atoms with Crippen molar-refractivity contribution in [2.45, 2.75) is 0 Å². The van der Waals surface area contributed by atoms with E-state index in [0.29, 0.717) is 30.1 Å². The van der Waals surface area contributed by atoms with E-state index in [0.717, 1.165) is 0 Å². The van der Waals surface area contributed by atoms with Crippen LogP contribution in [0.3, 0.4) is 0 Å². The van der Waals surface area contributed by atoms with Gasteiger partial charge in [0.15, 0.2) is 0 Å². The topological polar surface area (TPSA) is 79.4 Å². The Hall–Kier alpha value is -2.22. The van der Waals surface area contributed by atoms with Crippen LogP contribution in [0.2, 0.25) is 0 Å². The first-order chi connectivity index (χ1) is 7.22. The van der Waals surface area contributed by atoms with E-state index in [-0.39, 0.29) is 0 Å². The standard InChI is InChI=1S/C10H9N3O2/c11-6-7-1-2-9(8(12)5-7)13-3-4-15-10(13)14/h1-2,5H,3-4,12H2. The van der Waals surface area contributed by atoms with E-state index in [4.69, 9.17) is 15.7 Å². The molecular formula is C10H9N3O2. The first-order valence-electron chi connectivity index (χ1n) is 4.46. The van der Waals surface area contributed by atoms with Crippen LogP contribution in [0.4, 0.5) is 16.2 Å². The quantitative estimate of drug-likeness (QED) is 0.693. The minimum atomic E-state index is -0.397. The van der Waals surface area contributed by atoms with Crippen LogP contribution in [-0.2, 0) is 4.74 Å². The Morgan fingerprint density at radius 1 is 1.53 bits per heavy atom. The zero-order valence-corrected chi connectivity index (χ0v) is 7.93. The minimum Gasteiger partial charge on any atom is -0.447 e. The molecule has 76 valence electrons. The summed E-state index contributed by atoms with van der Waals surface area (Å²) in [7, 11) is 0. The number of cyclic esters (lactones) is 1. The molecule has 5 heteroatoms. The summed E-state index contributed by atoms with van der Waals surface area (Å²) in [6.07, 6.45) is -0.397. The van der Waals surface area contributed by atoms with Crippen molar-refractivity contribution in [3.05, 3.63) is 23.8 Å². The Labute approximate surface area is 86.7 Å². The number of hydrogen-bond acceptors (Lipinski definition) is 4. The first-order valence-corrected chi connectivity index (χ1v) is 4.46. The molecule has 15 heavy (non-hydrogen) atoms. The third-order valence-electron chi connectivity index (χ3n) is 2.21. The van der Waals surface area contributed by atoms with Gasteiger partial charge in [0.2, 0.25) is 0 Å². The van der Waals surface area contributed by atoms with Crippen LogP contribution in [0.25, 0.3) is 0 Å². The van der Waals surface area contributed by atoms with Gasteiger partial charge in [-0.1, -0.05) is 0 Å². The van der Waals surface area contributed by atoms with Gasteiger partial charge in [-0.05, 0) is 18.2 Å². The first kappa shape index (κ1) is 9.34. The molecule has 1 aromatic rings. The molecule has 0 aromatic heterocycles. The van der Waals surface area contributed by atoms with Crippen molar-refractivity contribution >= 4 is 17.5 Å². The van der Waals surface area contributed by atoms with Gasteiger partial charge < -0.3 is 10.5 Å². The molecular weight excluding hydrogens is 194 g/mol. The monoisotopic (exact) mass is 203 g/mol. The second kappa shape index (κ2) is 3.50.